The molecule has 0 saturated carbocycles. The van der Waals surface area contributed by atoms with Gasteiger partial charge in [0.2, 0.25) is 10.0 Å². The van der Waals surface area contributed by atoms with Crippen LogP contribution < -0.4 is 0 Å². The topological polar surface area (TPSA) is 158 Å². The zero-order chi connectivity index (χ0) is 30.9. The molecule has 0 amide bonds. The first-order chi connectivity index (χ1) is 20.6. The summed E-state index contributed by atoms with van der Waals surface area (Å²) < 4.78 is 82.1. The first kappa shape index (κ1) is 31.5. The van der Waals surface area contributed by atoms with Crippen LogP contribution in [0.15, 0.2) is 24.5 Å². The van der Waals surface area contributed by atoms with Crippen LogP contribution in [0.5, 0.6) is 0 Å². The van der Waals surface area contributed by atoms with Crippen LogP contribution in [0.3, 0.4) is 0 Å². The Balaban J connectivity index is 1.32. The number of sulfonamides is 1. The van der Waals surface area contributed by atoms with Crippen molar-refractivity contribution in [2.24, 2.45) is 0 Å². The van der Waals surface area contributed by atoms with Gasteiger partial charge in [-0.2, -0.15) is 0 Å². The summed E-state index contributed by atoms with van der Waals surface area (Å²) in [6, 6.07) is 0.617. The number of aliphatic hydroxyl groups is 2. The maximum absolute atomic E-state index is 13.8. The molecule has 236 valence electrons. The average molecular weight is 630 g/mol. The van der Waals surface area contributed by atoms with E-state index in [1.807, 2.05) is 6.92 Å². The van der Waals surface area contributed by atoms with Gasteiger partial charge in [0.15, 0.2) is 17.5 Å². The lowest BCUT2D eigenvalue weighted by Gasteiger charge is -2.43. The molecule has 0 spiro atoms. The van der Waals surface area contributed by atoms with Gasteiger partial charge in [-0.3, -0.25) is 0 Å². The lowest BCUT2D eigenvalue weighted by atomic mass is 9.90. The van der Waals surface area contributed by atoms with Crippen molar-refractivity contribution in [3.8, 4) is 11.3 Å². The van der Waals surface area contributed by atoms with E-state index >= 15 is 0 Å². The molecule has 2 saturated heterocycles. The maximum Gasteiger partial charge on any atom is 0.214 e. The van der Waals surface area contributed by atoms with E-state index in [1.54, 1.807) is 10.9 Å². The lowest BCUT2D eigenvalue weighted by molar-refractivity contribution is -0.212. The van der Waals surface area contributed by atoms with Crippen LogP contribution in [0.4, 0.5) is 13.2 Å². The van der Waals surface area contributed by atoms with Crippen molar-refractivity contribution in [2.45, 2.75) is 69.1 Å². The number of piperidine rings is 1. The summed E-state index contributed by atoms with van der Waals surface area (Å²) in [7, 11) is -1.85. The van der Waals surface area contributed by atoms with E-state index in [2.05, 4.69) is 20.6 Å². The molecule has 4 heterocycles. The number of methoxy groups -OCH3 is 1. The molecule has 2 fully saturated rings. The number of aromatic nitrogens is 6. The fraction of sp³-hybridized carbons (Fsp3) is 0.615. The summed E-state index contributed by atoms with van der Waals surface area (Å²) in [6.07, 6.45) is 1.14. The SMILES string of the molecule is CCCS(=O)(=O)N1CCC(n2cc(C[C@H]3O[C@H](CO)[C@H](O)[C@H](n4cc(-c5cc(F)c(F)c(F)c5)nn4)[C@H]3OC)nn2)CC1. The molecule has 1 aromatic carbocycles. The second-order valence-electron chi connectivity index (χ2n) is 10.8. The number of ether oxygens (including phenoxy) is 2. The Kier molecular flexibility index (Phi) is 9.48. The molecule has 0 aliphatic carbocycles. The fourth-order valence-corrected chi connectivity index (χ4v) is 7.29. The van der Waals surface area contributed by atoms with Gasteiger partial charge in [-0.1, -0.05) is 17.4 Å². The minimum absolute atomic E-state index is 0.0277. The van der Waals surface area contributed by atoms with Crippen molar-refractivity contribution in [2.75, 3.05) is 32.6 Å². The Labute approximate surface area is 246 Å². The van der Waals surface area contributed by atoms with Crippen LogP contribution in [0.25, 0.3) is 11.3 Å². The van der Waals surface area contributed by atoms with Crippen LogP contribution >= 0.6 is 0 Å². The monoisotopic (exact) mass is 629 g/mol. The van der Waals surface area contributed by atoms with Gasteiger partial charge in [-0.15, -0.1) is 10.2 Å². The van der Waals surface area contributed by atoms with Crippen LogP contribution in [-0.2, 0) is 25.9 Å². The summed E-state index contributed by atoms with van der Waals surface area (Å²) in [4.78, 5) is 0. The van der Waals surface area contributed by atoms with Crippen molar-refractivity contribution in [3.05, 3.63) is 47.7 Å². The molecule has 17 heteroatoms. The van der Waals surface area contributed by atoms with E-state index in [0.717, 1.165) is 12.1 Å². The van der Waals surface area contributed by atoms with Crippen molar-refractivity contribution in [1.29, 1.82) is 0 Å². The van der Waals surface area contributed by atoms with Gasteiger partial charge < -0.3 is 19.7 Å². The molecular weight excluding hydrogens is 595 g/mol. The van der Waals surface area contributed by atoms with E-state index in [4.69, 9.17) is 9.47 Å². The second kappa shape index (κ2) is 13.0. The van der Waals surface area contributed by atoms with E-state index in [1.165, 1.54) is 22.3 Å². The Morgan fingerprint density at radius 1 is 1.05 bits per heavy atom. The first-order valence-corrected chi connectivity index (χ1v) is 15.6. The van der Waals surface area contributed by atoms with Crippen molar-refractivity contribution >= 4 is 10.0 Å². The number of halogens is 3. The fourth-order valence-electron chi connectivity index (χ4n) is 5.75. The Morgan fingerprint density at radius 2 is 1.72 bits per heavy atom. The highest BCUT2D eigenvalue weighted by Gasteiger charge is 2.47. The molecule has 3 aromatic rings. The van der Waals surface area contributed by atoms with E-state index < -0.39 is 64.5 Å². The normalized spacial score (nSPS) is 25.8. The van der Waals surface area contributed by atoms with Gasteiger partial charge in [0.05, 0.1) is 36.4 Å². The van der Waals surface area contributed by atoms with Crippen molar-refractivity contribution in [1.82, 2.24) is 34.3 Å². The van der Waals surface area contributed by atoms with Gasteiger partial charge in [-0.05, 0) is 31.4 Å². The Bertz CT molecular complexity index is 1490. The molecule has 0 bridgehead atoms. The number of nitrogens with zero attached hydrogens (tertiary/aromatic N) is 7. The second-order valence-corrected chi connectivity index (χ2v) is 12.8. The first-order valence-electron chi connectivity index (χ1n) is 14.0. The van der Waals surface area contributed by atoms with Gasteiger partial charge in [0.1, 0.15) is 30.0 Å². The minimum Gasteiger partial charge on any atom is -0.394 e. The summed E-state index contributed by atoms with van der Waals surface area (Å²) in [6.45, 7) is 2.11. The van der Waals surface area contributed by atoms with Crippen LogP contribution in [0, 0.1) is 17.5 Å². The van der Waals surface area contributed by atoms with Crippen molar-refractivity contribution < 1.29 is 41.3 Å². The molecule has 2 aliphatic heterocycles. The van der Waals surface area contributed by atoms with Crippen LogP contribution in [0.1, 0.15) is 44.0 Å². The summed E-state index contributed by atoms with van der Waals surface area (Å²) in [5.41, 5.74) is 0.523. The molecular formula is C26H34F3N7O6S. The third-order valence-electron chi connectivity index (χ3n) is 7.95. The lowest BCUT2D eigenvalue weighted by Crippen LogP contribution is -2.57. The molecule has 2 aliphatic rings. The summed E-state index contributed by atoms with van der Waals surface area (Å²) in [5, 5.41) is 37.5. The number of hydrogen-bond acceptors (Lipinski definition) is 10. The molecule has 0 unspecified atom stereocenters. The highest BCUT2D eigenvalue weighted by Crippen LogP contribution is 2.34. The molecule has 0 radical (unpaired) electrons. The van der Waals surface area contributed by atoms with E-state index in [9.17, 15) is 31.8 Å². The number of rotatable bonds is 10. The van der Waals surface area contributed by atoms with Gasteiger partial charge in [-0.25, -0.2) is 35.3 Å². The zero-order valence-electron chi connectivity index (χ0n) is 23.6. The standard InChI is InChI=1S/C26H34F3N7O6S/c1-3-8-43(39,40)34-6-4-17(5-7-34)35-12-16(30-32-35)11-21-26(41-2)24(25(38)22(14-37)42-21)36-13-20(31-33-36)15-9-18(27)23(29)19(28)10-15/h9-10,12-13,17,21-22,24-26,37-38H,3-8,11,14H2,1-2H3/t21-,22-,24+,25+,26+/m1/s1. The quantitative estimate of drug-likeness (QED) is 0.313. The summed E-state index contributed by atoms with van der Waals surface area (Å²) in [5.74, 6) is -4.25. The molecule has 2 N–H and O–H groups in total. The minimum atomic E-state index is -3.27. The van der Waals surface area contributed by atoms with E-state index in [0.29, 0.717) is 38.0 Å². The van der Waals surface area contributed by atoms with Gasteiger partial charge in [0, 0.05) is 38.4 Å². The van der Waals surface area contributed by atoms with E-state index in [-0.39, 0.29) is 29.5 Å². The summed E-state index contributed by atoms with van der Waals surface area (Å²) >= 11 is 0. The molecule has 5 atom stereocenters. The molecule has 2 aromatic heterocycles. The predicted octanol–water partition coefficient (Wildman–Crippen LogP) is 1.25. The van der Waals surface area contributed by atoms with Crippen LogP contribution in [-0.4, -0.2) is 110 Å². The highest BCUT2D eigenvalue weighted by atomic mass is 32.2. The predicted molar refractivity (Wildman–Crippen MR) is 145 cm³/mol. The zero-order valence-corrected chi connectivity index (χ0v) is 24.4. The van der Waals surface area contributed by atoms with Gasteiger partial charge in [0.25, 0.3) is 0 Å². The number of hydrogen-bond donors (Lipinski definition) is 2. The Morgan fingerprint density at radius 3 is 2.35 bits per heavy atom. The molecule has 13 nitrogen and oxygen atoms in total. The highest BCUT2D eigenvalue weighted by molar-refractivity contribution is 7.89. The molecule has 5 rings (SSSR count). The average Bonchev–Trinajstić information content (AvgIpc) is 3.66. The smallest absolute Gasteiger partial charge is 0.214 e. The third kappa shape index (κ3) is 6.46. The van der Waals surface area contributed by atoms with Gasteiger partial charge >= 0.3 is 0 Å². The van der Waals surface area contributed by atoms with Crippen molar-refractivity contribution in [3.63, 3.8) is 0 Å². The van der Waals surface area contributed by atoms with Crippen LogP contribution in [0.2, 0.25) is 0 Å². The molecule has 43 heavy (non-hydrogen) atoms. The number of aliphatic hydroxyl groups excluding tert-OH is 2. The third-order valence-corrected chi connectivity index (χ3v) is 10.0. The Hall–Kier alpha value is -2.96. The largest absolute Gasteiger partial charge is 0.394 e. The number of benzene rings is 1. The maximum atomic E-state index is 13.8.